The topological polar surface area (TPSA) is 51.2 Å². The average Bonchev–Trinajstić information content (AvgIpc) is 2.14. The van der Waals surface area contributed by atoms with Crippen LogP contribution in [0.3, 0.4) is 0 Å². The Morgan fingerprint density at radius 1 is 1.33 bits per heavy atom. The third-order valence-corrected chi connectivity index (χ3v) is 3.33. The second-order valence-corrected chi connectivity index (χ2v) is 5.57. The van der Waals surface area contributed by atoms with Gasteiger partial charge in [0, 0.05) is 12.7 Å². The Kier molecular flexibility index (Phi) is 3.63. The molecular weight excluding hydrogens is 212 g/mol. The van der Waals surface area contributed by atoms with E-state index in [-0.39, 0.29) is 0 Å². The van der Waals surface area contributed by atoms with Gasteiger partial charge in [0.15, 0.2) is 9.84 Å². The summed E-state index contributed by atoms with van der Waals surface area (Å²) < 4.78 is 23.0. The normalized spacial score (nSPS) is 11.3. The highest BCUT2D eigenvalue weighted by molar-refractivity contribution is 7.90. The van der Waals surface area contributed by atoms with Gasteiger partial charge in [0.1, 0.15) is 6.29 Å². The lowest BCUT2D eigenvalue weighted by molar-refractivity contribution is -0.107. The zero-order chi connectivity index (χ0) is 11.5. The maximum absolute atomic E-state index is 11.5. The molecule has 0 aliphatic heterocycles. The number of sulfone groups is 1. The van der Waals surface area contributed by atoms with Crippen LogP contribution in [0.25, 0.3) is 0 Å². The predicted molar refractivity (Wildman–Crippen MR) is 58.7 cm³/mol. The Labute approximate surface area is 90.0 Å². The molecule has 82 valence electrons. The minimum absolute atomic E-state index is 0.337. The highest BCUT2D eigenvalue weighted by Crippen LogP contribution is 2.18. The molecule has 1 rings (SSSR count). The van der Waals surface area contributed by atoms with Crippen molar-refractivity contribution in [2.45, 2.75) is 24.7 Å². The summed E-state index contributed by atoms with van der Waals surface area (Å²) in [4.78, 5) is 10.6. The lowest BCUT2D eigenvalue weighted by Crippen LogP contribution is -2.03. The number of aldehydes is 1. The van der Waals surface area contributed by atoms with Gasteiger partial charge in [-0.25, -0.2) is 8.42 Å². The van der Waals surface area contributed by atoms with Gasteiger partial charge in [-0.2, -0.15) is 0 Å². The van der Waals surface area contributed by atoms with Crippen molar-refractivity contribution in [2.24, 2.45) is 0 Å². The highest BCUT2D eigenvalue weighted by Gasteiger charge is 2.12. The molecule has 0 fully saturated rings. The van der Waals surface area contributed by atoms with Crippen LogP contribution in [-0.2, 0) is 21.1 Å². The molecule has 0 bridgehead atoms. The fourth-order valence-corrected chi connectivity index (χ4v) is 2.47. The summed E-state index contributed by atoms with van der Waals surface area (Å²) >= 11 is 0. The summed E-state index contributed by atoms with van der Waals surface area (Å²) in [6, 6.07) is 5.28. The van der Waals surface area contributed by atoms with E-state index in [4.69, 9.17) is 0 Å². The van der Waals surface area contributed by atoms with Crippen LogP contribution in [0.4, 0.5) is 0 Å². The number of benzene rings is 1. The van der Waals surface area contributed by atoms with E-state index in [1.165, 1.54) is 6.26 Å². The van der Waals surface area contributed by atoms with Crippen LogP contribution in [-0.4, -0.2) is 21.0 Å². The molecule has 0 radical (unpaired) electrons. The van der Waals surface area contributed by atoms with E-state index in [0.717, 1.165) is 17.4 Å². The van der Waals surface area contributed by atoms with E-state index in [2.05, 4.69) is 0 Å². The van der Waals surface area contributed by atoms with Crippen LogP contribution in [0.1, 0.15) is 17.5 Å². The first-order valence-corrected chi connectivity index (χ1v) is 6.57. The van der Waals surface area contributed by atoms with Gasteiger partial charge < -0.3 is 4.79 Å². The molecule has 0 spiro atoms. The van der Waals surface area contributed by atoms with E-state index in [1.807, 2.05) is 13.0 Å². The first-order valence-electron chi connectivity index (χ1n) is 4.68. The number of aryl methyl sites for hydroxylation is 2. The summed E-state index contributed by atoms with van der Waals surface area (Å²) in [5.41, 5.74) is 1.63. The molecule has 3 nitrogen and oxygen atoms in total. The van der Waals surface area contributed by atoms with Crippen molar-refractivity contribution in [1.29, 1.82) is 0 Å². The quantitative estimate of drug-likeness (QED) is 0.732. The zero-order valence-electron chi connectivity index (χ0n) is 8.86. The van der Waals surface area contributed by atoms with Gasteiger partial charge >= 0.3 is 0 Å². The average molecular weight is 226 g/mol. The summed E-state index contributed by atoms with van der Waals surface area (Å²) in [5, 5.41) is 0. The summed E-state index contributed by atoms with van der Waals surface area (Å²) in [6.45, 7) is 1.85. The van der Waals surface area contributed by atoms with Gasteiger partial charge in [-0.1, -0.05) is 12.1 Å². The first kappa shape index (κ1) is 11.9. The van der Waals surface area contributed by atoms with Crippen LogP contribution in [0, 0.1) is 6.92 Å². The summed E-state index contributed by atoms with van der Waals surface area (Å²) in [7, 11) is -3.20. The Hall–Kier alpha value is -1.16. The van der Waals surface area contributed by atoms with E-state index in [9.17, 15) is 13.2 Å². The summed E-state index contributed by atoms with van der Waals surface area (Å²) in [6.07, 6.45) is 2.82. The van der Waals surface area contributed by atoms with E-state index in [1.54, 1.807) is 12.1 Å². The predicted octanol–water partition coefficient (Wildman–Crippen LogP) is 1.53. The van der Waals surface area contributed by atoms with Crippen LogP contribution in [0.15, 0.2) is 23.1 Å². The molecular formula is C11H14O3S. The number of carbonyl (C=O) groups is 1. The van der Waals surface area contributed by atoms with Gasteiger partial charge in [-0.15, -0.1) is 0 Å². The van der Waals surface area contributed by atoms with Gasteiger partial charge in [0.05, 0.1) is 4.90 Å². The molecule has 0 aliphatic carbocycles. The van der Waals surface area contributed by atoms with Crippen molar-refractivity contribution < 1.29 is 13.2 Å². The van der Waals surface area contributed by atoms with Crippen molar-refractivity contribution >= 4 is 16.1 Å². The first-order chi connectivity index (χ1) is 6.95. The summed E-state index contributed by atoms with van der Waals surface area (Å²) in [5.74, 6) is 0. The molecule has 0 N–H and O–H groups in total. The molecule has 0 heterocycles. The molecule has 0 atom stereocenters. The van der Waals surface area contributed by atoms with Crippen LogP contribution >= 0.6 is 0 Å². The molecule has 0 unspecified atom stereocenters. The Morgan fingerprint density at radius 2 is 2.00 bits per heavy atom. The molecule has 0 aromatic heterocycles. The van der Waals surface area contributed by atoms with Gasteiger partial charge in [-0.3, -0.25) is 0 Å². The van der Waals surface area contributed by atoms with Crippen molar-refractivity contribution in [3.05, 3.63) is 29.3 Å². The zero-order valence-corrected chi connectivity index (χ0v) is 9.67. The molecule has 0 saturated carbocycles. The molecule has 15 heavy (non-hydrogen) atoms. The van der Waals surface area contributed by atoms with Crippen LogP contribution in [0.2, 0.25) is 0 Å². The molecule has 0 amide bonds. The van der Waals surface area contributed by atoms with Crippen molar-refractivity contribution in [3.8, 4) is 0 Å². The number of carbonyl (C=O) groups excluding carboxylic acids is 1. The molecule has 4 heteroatoms. The third kappa shape index (κ3) is 3.16. The number of hydrogen-bond donors (Lipinski definition) is 0. The third-order valence-electron chi connectivity index (χ3n) is 2.15. The van der Waals surface area contributed by atoms with Gasteiger partial charge in [0.25, 0.3) is 0 Å². The SMILES string of the molecule is Cc1ccc(CCC=O)c(S(C)(=O)=O)c1. The molecule has 0 saturated heterocycles. The van der Waals surface area contributed by atoms with E-state index >= 15 is 0 Å². The molecule has 1 aromatic carbocycles. The maximum atomic E-state index is 11.5. The standard InChI is InChI=1S/C11H14O3S/c1-9-5-6-10(4-3-7-12)11(8-9)15(2,13)14/h5-8H,3-4H2,1-2H3. The Balaban J connectivity index is 3.21. The lowest BCUT2D eigenvalue weighted by Gasteiger charge is -2.07. The highest BCUT2D eigenvalue weighted by atomic mass is 32.2. The molecule has 1 aromatic rings. The van der Waals surface area contributed by atoms with Gasteiger partial charge in [0.2, 0.25) is 0 Å². The van der Waals surface area contributed by atoms with Crippen molar-refractivity contribution in [3.63, 3.8) is 0 Å². The minimum atomic E-state index is -3.20. The smallest absolute Gasteiger partial charge is 0.175 e. The second-order valence-electron chi connectivity index (χ2n) is 3.59. The maximum Gasteiger partial charge on any atom is 0.175 e. The largest absolute Gasteiger partial charge is 0.303 e. The second kappa shape index (κ2) is 4.57. The Bertz CT molecular complexity index is 461. The number of hydrogen-bond acceptors (Lipinski definition) is 3. The fourth-order valence-electron chi connectivity index (χ4n) is 1.43. The molecule has 0 aliphatic rings. The fraction of sp³-hybridized carbons (Fsp3) is 0.364. The lowest BCUT2D eigenvalue weighted by atomic mass is 10.1. The van der Waals surface area contributed by atoms with Crippen molar-refractivity contribution in [1.82, 2.24) is 0 Å². The van der Waals surface area contributed by atoms with E-state index < -0.39 is 9.84 Å². The van der Waals surface area contributed by atoms with Crippen LogP contribution in [0.5, 0.6) is 0 Å². The van der Waals surface area contributed by atoms with Crippen LogP contribution < -0.4 is 0 Å². The monoisotopic (exact) mass is 226 g/mol. The number of rotatable bonds is 4. The van der Waals surface area contributed by atoms with Gasteiger partial charge in [-0.05, 0) is 30.5 Å². The van der Waals surface area contributed by atoms with Crippen molar-refractivity contribution in [2.75, 3.05) is 6.26 Å². The Morgan fingerprint density at radius 3 is 2.53 bits per heavy atom. The minimum Gasteiger partial charge on any atom is -0.303 e. The van der Waals surface area contributed by atoms with E-state index in [0.29, 0.717) is 17.7 Å².